The second-order valence-electron chi connectivity index (χ2n) is 3.87. The molecule has 0 aliphatic heterocycles. The molecule has 0 aromatic carbocycles. The molecule has 0 aromatic heterocycles. The summed E-state index contributed by atoms with van der Waals surface area (Å²) in [6.45, 7) is 1.78. The molecule has 1 aliphatic carbocycles. The minimum atomic E-state index is -1.53. The smallest absolute Gasteiger partial charge is 0.256 e. The van der Waals surface area contributed by atoms with E-state index in [1.807, 2.05) is 0 Å². The van der Waals surface area contributed by atoms with Crippen molar-refractivity contribution >= 4 is 5.91 Å². The summed E-state index contributed by atoms with van der Waals surface area (Å²) in [4.78, 5) is 21.4. The summed E-state index contributed by atoms with van der Waals surface area (Å²) < 4.78 is 0. The van der Waals surface area contributed by atoms with Crippen molar-refractivity contribution in [1.29, 1.82) is 0 Å². The van der Waals surface area contributed by atoms with Gasteiger partial charge < -0.3 is 10.4 Å². The Morgan fingerprint density at radius 3 is 2.67 bits per heavy atom. The van der Waals surface area contributed by atoms with E-state index in [1.54, 1.807) is 6.92 Å². The van der Waals surface area contributed by atoms with E-state index in [9.17, 15) is 20.0 Å². The van der Waals surface area contributed by atoms with Gasteiger partial charge in [0, 0.05) is 17.4 Å². The van der Waals surface area contributed by atoms with Gasteiger partial charge in [-0.3, -0.25) is 14.9 Å². The average Bonchev–Trinajstić information content (AvgIpc) is 2.96. The number of hydrogen-bond donors (Lipinski definition) is 2. The van der Waals surface area contributed by atoms with Crippen LogP contribution in [-0.4, -0.2) is 34.1 Å². The summed E-state index contributed by atoms with van der Waals surface area (Å²) in [6, 6.07) is -1.07. The first-order valence-corrected chi connectivity index (χ1v) is 5.18. The molecule has 15 heavy (non-hydrogen) atoms. The zero-order valence-electron chi connectivity index (χ0n) is 8.68. The maximum Gasteiger partial charge on any atom is 0.256 e. The molecule has 1 fully saturated rings. The molecule has 6 nitrogen and oxygen atoms in total. The van der Waals surface area contributed by atoms with Gasteiger partial charge in [-0.1, -0.05) is 6.92 Å². The molecule has 2 unspecified atom stereocenters. The molecule has 0 saturated heterocycles. The first kappa shape index (κ1) is 11.9. The first-order chi connectivity index (χ1) is 7.06. The number of amides is 1. The van der Waals surface area contributed by atoms with Crippen LogP contribution in [0.5, 0.6) is 0 Å². The van der Waals surface area contributed by atoms with Crippen LogP contribution in [0.1, 0.15) is 32.6 Å². The minimum Gasteiger partial charge on any atom is -0.377 e. The van der Waals surface area contributed by atoms with E-state index in [0.717, 1.165) is 12.8 Å². The monoisotopic (exact) mass is 216 g/mol. The van der Waals surface area contributed by atoms with Crippen LogP contribution in [0.2, 0.25) is 0 Å². The van der Waals surface area contributed by atoms with Gasteiger partial charge in [-0.25, -0.2) is 0 Å². The first-order valence-electron chi connectivity index (χ1n) is 5.18. The molecule has 1 saturated carbocycles. The third-order valence-electron chi connectivity index (χ3n) is 2.41. The summed E-state index contributed by atoms with van der Waals surface area (Å²) in [5, 5.41) is 22.7. The Bertz CT molecular complexity index is 252. The van der Waals surface area contributed by atoms with Crippen molar-refractivity contribution in [2.75, 3.05) is 0 Å². The molecular weight excluding hydrogens is 200 g/mol. The highest BCUT2D eigenvalue weighted by molar-refractivity contribution is 5.81. The zero-order chi connectivity index (χ0) is 11.4. The number of nitrogens with one attached hydrogen (secondary N) is 1. The largest absolute Gasteiger partial charge is 0.377 e. The number of hydrogen-bond acceptors (Lipinski definition) is 4. The molecule has 0 spiro atoms. The molecule has 1 amide bonds. The van der Waals surface area contributed by atoms with Gasteiger partial charge in [-0.15, -0.1) is 0 Å². The molecule has 0 heterocycles. The number of carbonyl (C=O) groups is 1. The van der Waals surface area contributed by atoms with Crippen molar-refractivity contribution in [3.63, 3.8) is 0 Å². The quantitative estimate of drug-likeness (QED) is 0.485. The molecule has 86 valence electrons. The Morgan fingerprint density at radius 1 is 1.67 bits per heavy atom. The fourth-order valence-corrected chi connectivity index (χ4v) is 1.36. The normalized spacial score (nSPS) is 19.3. The number of aliphatic hydroxyl groups excluding tert-OH is 1. The lowest BCUT2D eigenvalue weighted by Crippen LogP contribution is -2.46. The van der Waals surface area contributed by atoms with Crippen LogP contribution < -0.4 is 5.32 Å². The van der Waals surface area contributed by atoms with Crippen molar-refractivity contribution in [2.24, 2.45) is 0 Å². The van der Waals surface area contributed by atoms with Crippen molar-refractivity contribution in [1.82, 2.24) is 5.32 Å². The van der Waals surface area contributed by atoms with E-state index in [4.69, 9.17) is 0 Å². The second-order valence-corrected chi connectivity index (χ2v) is 3.87. The highest BCUT2D eigenvalue weighted by Crippen LogP contribution is 2.19. The lowest BCUT2D eigenvalue weighted by molar-refractivity contribution is -0.532. The molecule has 6 heteroatoms. The Kier molecular flexibility index (Phi) is 4.02. The lowest BCUT2D eigenvalue weighted by Gasteiger charge is -2.14. The summed E-state index contributed by atoms with van der Waals surface area (Å²) in [5.74, 6) is -0.618. The SMILES string of the molecule is CCCC(C(O)C(=O)NC1CC1)[N+](=O)[O-]. The van der Waals surface area contributed by atoms with E-state index >= 15 is 0 Å². The van der Waals surface area contributed by atoms with Gasteiger partial charge in [0.25, 0.3) is 5.91 Å². The molecule has 2 N–H and O–H groups in total. The third kappa shape index (κ3) is 3.47. The van der Waals surface area contributed by atoms with Crippen LogP contribution in [0.3, 0.4) is 0 Å². The molecule has 2 atom stereocenters. The van der Waals surface area contributed by atoms with Gasteiger partial charge in [-0.05, 0) is 19.3 Å². The molecule has 1 aliphatic rings. The van der Waals surface area contributed by atoms with E-state index in [-0.39, 0.29) is 12.5 Å². The Hall–Kier alpha value is -1.17. The molecular formula is C9H16N2O4. The summed E-state index contributed by atoms with van der Waals surface area (Å²) in [6.07, 6.45) is 1.05. The van der Waals surface area contributed by atoms with E-state index in [0.29, 0.717) is 6.42 Å². The number of nitro groups is 1. The van der Waals surface area contributed by atoms with Gasteiger partial charge >= 0.3 is 0 Å². The maximum absolute atomic E-state index is 11.3. The van der Waals surface area contributed by atoms with Crippen LogP contribution in [-0.2, 0) is 4.79 Å². The topological polar surface area (TPSA) is 92.5 Å². The number of carbonyl (C=O) groups excluding carboxylic acids is 1. The van der Waals surface area contributed by atoms with Crippen molar-refractivity contribution < 1.29 is 14.8 Å². The number of nitrogens with zero attached hydrogens (tertiary/aromatic N) is 1. The fraction of sp³-hybridized carbons (Fsp3) is 0.889. The molecule has 0 bridgehead atoms. The third-order valence-corrected chi connectivity index (χ3v) is 2.41. The van der Waals surface area contributed by atoms with Gasteiger partial charge in [0.15, 0.2) is 0 Å². The summed E-state index contributed by atoms with van der Waals surface area (Å²) >= 11 is 0. The van der Waals surface area contributed by atoms with Gasteiger partial charge in [0.2, 0.25) is 12.1 Å². The molecule has 0 radical (unpaired) electrons. The second kappa shape index (κ2) is 5.06. The Morgan fingerprint density at radius 2 is 2.27 bits per heavy atom. The number of aliphatic hydroxyl groups is 1. The van der Waals surface area contributed by atoms with Crippen LogP contribution >= 0.6 is 0 Å². The van der Waals surface area contributed by atoms with Crippen molar-refractivity contribution in [2.45, 2.75) is 50.8 Å². The Labute approximate surface area is 87.8 Å². The Balaban J connectivity index is 2.48. The predicted octanol–water partition coefficient (Wildman–Crippen LogP) is 0.0713. The van der Waals surface area contributed by atoms with Crippen molar-refractivity contribution in [3.8, 4) is 0 Å². The maximum atomic E-state index is 11.3. The minimum absolute atomic E-state index is 0.112. The van der Waals surface area contributed by atoms with E-state index < -0.39 is 23.0 Å². The van der Waals surface area contributed by atoms with Crippen LogP contribution in [0, 0.1) is 10.1 Å². The summed E-state index contributed by atoms with van der Waals surface area (Å²) in [5.41, 5.74) is 0. The average molecular weight is 216 g/mol. The van der Waals surface area contributed by atoms with Crippen LogP contribution in [0.4, 0.5) is 0 Å². The van der Waals surface area contributed by atoms with Gasteiger partial charge in [-0.2, -0.15) is 0 Å². The van der Waals surface area contributed by atoms with E-state index in [2.05, 4.69) is 5.32 Å². The lowest BCUT2D eigenvalue weighted by atomic mass is 10.1. The summed E-state index contributed by atoms with van der Waals surface area (Å²) in [7, 11) is 0. The fourth-order valence-electron chi connectivity index (χ4n) is 1.36. The van der Waals surface area contributed by atoms with Gasteiger partial charge in [0.05, 0.1) is 0 Å². The standard InChI is InChI=1S/C9H16N2O4/c1-2-3-7(11(14)15)8(12)9(13)10-6-4-5-6/h6-8,12H,2-5H2,1H3,(H,10,13). The number of rotatable bonds is 6. The zero-order valence-corrected chi connectivity index (χ0v) is 8.68. The van der Waals surface area contributed by atoms with Crippen LogP contribution in [0.15, 0.2) is 0 Å². The predicted molar refractivity (Wildman–Crippen MR) is 52.9 cm³/mol. The highest BCUT2D eigenvalue weighted by Gasteiger charge is 2.36. The molecule has 0 aromatic rings. The van der Waals surface area contributed by atoms with Crippen molar-refractivity contribution in [3.05, 3.63) is 10.1 Å². The van der Waals surface area contributed by atoms with E-state index in [1.165, 1.54) is 0 Å². The highest BCUT2D eigenvalue weighted by atomic mass is 16.6. The van der Waals surface area contributed by atoms with Gasteiger partial charge in [0.1, 0.15) is 0 Å². The molecule has 1 rings (SSSR count). The van der Waals surface area contributed by atoms with Crippen LogP contribution in [0.25, 0.3) is 0 Å².